The zero-order valence-electron chi connectivity index (χ0n) is 8.48. The Balaban J connectivity index is 1.93. The molecule has 1 aromatic heterocycles. The first kappa shape index (κ1) is 10.2. The summed E-state index contributed by atoms with van der Waals surface area (Å²) in [6, 6.07) is 4.03. The lowest BCUT2D eigenvalue weighted by Crippen LogP contribution is -2.30. The van der Waals surface area contributed by atoms with Gasteiger partial charge in [0.2, 0.25) is 0 Å². The van der Waals surface area contributed by atoms with Gasteiger partial charge in [0.25, 0.3) is 0 Å². The van der Waals surface area contributed by atoms with Crippen LogP contribution in [0, 0.1) is 5.92 Å². The van der Waals surface area contributed by atoms with Gasteiger partial charge < -0.3 is 14.8 Å². The molecule has 2 N–H and O–H groups in total. The van der Waals surface area contributed by atoms with Gasteiger partial charge in [0.05, 0.1) is 6.26 Å². The van der Waals surface area contributed by atoms with E-state index < -0.39 is 5.97 Å². The lowest BCUT2D eigenvalue weighted by atomic mass is 9.94. The first-order valence-electron chi connectivity index (χ1n) is 5.23. The number of rotatable bonds is 4. The maximum Gasteiger partial charge on any atom is 0.303 e. The molecule has 4 heteroatoms. The van der Waals surface area contributed by atoms with Gasteiger partial charge in [0.15, 0.2) is 0 Å². The van der Waals surface area contributed by atoms with Crippen LogP contribution >= 0.6 is 0 Å². The second-order valence-electron chi connectivity index (χ2n) is 3.99. The van der Waals surface area contributed by atoms with E-state index in [0.717, 1.165) is 25.1 Å². The van der Waals surface area contributed by atoms with Crippen molar-refractivity contribution >= 4 is 5.97 Å². The molecule has 0 saturated carbocycles. The second kappa shape index (κ2) is 4.49. The number of aliphatic carboxylic acids is 1. The van der Waals surface area contributed by atoms with Crippen LogP contribution in [0.25, 0.3) is 0 Å². The molecule has 1 aromatic rings. The summed E-state index contributed by atoms with van der Waals surface area (Å²) in [4.78, 5) is 10.7. The molecule has 2 heterocycles. The number of nitrogens with one attached hydrogen (secondary N) is 1. The Labute approximate surface area is 88.3 Å². The zero-order valence-corrected chi connectivity index (χ0v) is 8.48. The van der Waals surface area contributed by atoms with Crippen molar-refractivity contribution in [3.05, 3.63) is 24.2 Å². The van der Waals surface area contributed by atoms with E-state index in [1.807, 2.05) is 12.1 Å². The van der Waals surface area contributed by atoms with Crippen LogP contribution in [0.1, 0.15) is 18.6 Å². The highest BCUT2D eigenvalue weighted by molar-refractivity contribution is 5.67. The van der Waals surface area contributed by atoms with Gasteiger partial charge in [-0.1, -0.05) is 0 Å². The largest absolute Gasteiger partial charge is 0.481 e. The lowest BCUT2D eigenvalue weighted by molar-refractivity contribution is -0.138. The average Bonchev–Trinajstić information content (AvgIpc) is 2.78. The number of carboxylic acids is 1. The second-order valence-corrected chi connectivity index (χ2v) is 3.99. The van der Waals surface area contributed by atoms with Gasteiger partial charge in [0.1, 0.15) is 5.76 Å². The molecule has 0 spiro atoms. The van der Waals surface area contributed by atoms with Crippen LogP contribution in [0.3, 0.4) is 0 Å². The smallest absolute Gasteiger partial charge is 0.303 e. The van der Waals surface area contributed by atoms with Crippen LogP contribution < -0.4 is 5.32 Å². The molecule has 1 aliphatic heterocycles. The minimum atomic E-state index is -0.715. The molecule has 2 atom stereocenters. The summed E-state index contributed by atoms with van der Waals surface area (Å²) in [5.41, 5.74) is 0. The molecular weight excluding hydrogens is 194 g/mol. The van der Waals surface area contributed by atoms with Gasteiger partial charge in [-0.3, -0.25) is 4.79 Å². The average molecular weight is 209 g/mol. The van der Waals surface area contributed by atoms with Crippen molar-refractivity contribution in [2.45, 2.75) is 25.3 Å². The Morgan fingerprint density at radius 3 is 3.20 bits per heavy atom. The number of hydrogen-bond donors (Lipinski definition) is 2. The number of furan rings is 1. The quantitative estimate of drug-likeness (QED) is 0.784. The third-order valence-electron chi connectivity index (χ3n) is 2.93. The van der Waals surface area contributed by atoms with Crippen molar-refractivity contribution in [3.8, 4) is 0 Å². The molecule has 1 saturated heterocycles. The third kappa shape index (κ3) is 2.59. The molecule has 0 aliphatic carbocycles. The van der Waals surface area contributed by atoms with E-state index >= 15 is 0 Å². The first-order valence-corrected chi connectivity index (χ1v) is 5.23. The van der Waals surface area contributed by atoms with E-state index in [0.29, 0.717) is 0 Å². The predicted octanol–water partition coefficient (Wildman–Crippen LogP) is 1.27. The monoisotopic (exact) mass is 209 g/mol. The summed E-state index contributed by atoms with van der Waals surface area (Å²) in [7, 11) is 0. The van der Waals surface area contributed by atoms with Crippen LogP contribution in [0.5, 0.6) is 0 Å². The standard InChI is InChI=1S/C11H15NO3/c13-11(14)6-8-3-4-12-10(8)7-9-2-1-5-15-9/h1-2,5,8,10,12H,3-4,6-7H2,(H,13,14). The minimum absolute atomic E-state index is 0.229. The molecular formula is C11H15NO3. The van der Waals surface area contributed by atoms with Crippen LogP contribution in [0.15, 0.2) is 22.8 Å². The molecule has 2 unspecified atom stereocenters. The minimum Gasteiger partial charge on any atom is -0.481 e. The molecule has 1 aliphatic rings. The SMILES string of the molecule is O=C(O)CC1CCNC1Cc1ccco1. The van der Waals surface area contributed by atoms with Gasteiger partial charge in [-0.05, 0) is 31.0 Å². The maximum absolute atomic E-state index is 10.7. The molecule has 15 heavy (non-hydrogen) atoms. The highest BCUT2D eigenvalue weighted by Gasteiger charge is 2.29. The molecule has 0 bridgehead atoms. The van der Waals surface area contributed by atoms with Gasteiger partial charge in [0, 0.05) is 18.9 Å². The molecule has 82 valence electrons. The Morgan fingerprint density at radius 1 is 1.67 bits per heavy atom. The third-order valence-corrected chi connectivity index (χ3v) is 2.93. The van der Waals surface area contributed by atoms with E-state index in [-0.39, 0.29) is 18.4 Å². The first-order chi connectivity index (χ1) is 7.25. The normalized spacial score (nSPS) is 25.6. The van der Waals surface area contributed by atoms with Gasteiger partial charge in [-0.25, -0.2) is 0 Å². The van der Waals surface area contributed by atoms with Crippen molar-refractivity contribution in [2.75, 3.05) is 6.54 Å². The zero-order chi connectivity index (χ0) is 10.7. The van der Waals surface area contributed by atoms with Crippen molar-refractivity contribution in [1.82, 2.24) is 5.32 Å². The van der Waals surface area contributed by atoms with Gasteiger partial charge in [-0.2, -0.15) is 0 Å². The maximum atomic E-state index is 10.7. The van der Waals surface area contributed by atoms with Crippen molar-refractivity contribution < 1.29 is 14.3 Å². The summed E-state index contributed by atoms with van der Waals surface area (Å²) < 4.78 is 5.26. The fraction of sp³-hybridized carbons (Fsp3) is 0.545. The lowest BCUT2D eigenvalue weighted by Gasteiger charge is -2.16. The molecule has 4 nitrogen and oxygen atoms in total. The number of hydrogen-bond acceptors (Lipinski definition) is 3. The fourth-order valence-corrected chi connectivity index (χ4v) is 2.17. The molecule has 0 radical (unpaired) electrons. The summed E-state index contributed by atoms with van der Waals surface area (Å²) >= 11 is 0. The Bertz CT molecular complexity index is 321. The van der Waals surface area contributed by atoms with E-state index in [9.17, 15) is 4.79 Å². The highest BCUT2D eigenvalue weighted by atomic mass is 16.4. The summed E-state index contributed by atoms with van der Waals surface area (Å²) in [5, 5.41) is 12.1. The Hall–Kier alpha value is -1.29. The molecule has 2 rings (SSSR count). The van der Waals surface area contributed by atoms with Crippen LogP contribution in [-0.2, 0) is 11.2 Å². The molecule has 0 amide bonds. The Morgan fingerprint density at radius 2 is 2.53 bits per heavy atom. The van der Waals surface area contributed by atoms with Crippen molar-refractivity contribution in [1.29, 1.82) is 0 Å². The predicted molar refractivity (Wildman–Crippen MR) is 54.6 cm³/mol. The van der Waals surface area contributed by atoms with Crippen LogP contribution in [0.2, 0.25) is 0 Å². The molecule has 1 fully saturated rings. The Kier molecular flexibility index (Phi) is 3.06. The summed E-state index contributed by atoms with van der Waals surface area (Å²) in [6.45, 7) is 0.906. The van der Waals surface area contributed by atoms with Crippen LogP contribution in [0.4, 0.5) is 0 Å². The topological polar surface area (TPSA) is 62.5 Å². The fourth-order valence-electron chi connectivity index (χ4n) is 2.17. The van der Waals surface area contributed by atoms with E-state index in [1.54, 1.807) is 6.26 Å². The van der Waals surface area contributed by atoms with Gasteiger partial charge >= 0.3 is 5.97 Å². The van der Waals surface area contributed by atoms with E-state index in [1.165, 1.54) is 0 Å². The van der Waals surface area contributed by atoms with Crippen molar-refractivity contribution in [3.63, 3.8) is 0 Å². The number of carbonyl (C=O) groups is 1. The summed E-state index contributed by atoms with van der Waals surface area (Å²) in [6.07, 6.45) is 3.62. The van der Waals surface area contributed by atoms with E-state index in [4.69, 9.17) is 9.52 Å². The van der Waals surface area contributed by atoms with Crippen molar-refractivity contribution in [2.24, 2.45) is 5.92 Å². The van der Waals surface area contributed by atoms with Gasteiger partial charge in [-0.15, -0.1) is 0 Å². The highest BCUT2D eigenvalue weighted by Crippen LogP contribution is 2.22. The van der Waals surface area contributed by atoms with E-state index in [2.05, 4.69) is 5.32 Å². The summed E-state index contributed by atoms with van der Waals surface area (Å²) in [5.74, 6) is 0.436. The number of carboxylic acid groups (broad SMARTS) is 1. The molecule has 0 aromatic carbocycles. The van der Waals surface area contributed by atoms with Crippen LogP contribution in [-0.4, -0.2) is 23.7 Å².